The fraction of sp³-hybridized carbons (Fsp3) is 0.130. The van der Waals surface area contributed by atoms with Gasteiger partial charge < -0.3 is 10.4 Å². The van der Waals surface area contributed by atoms with Crippen molar-refractivity contribution in [1.82, 2.24) is 5.32 Å². The van der Waals surface area contributed by atoms with Crippen molar-refractivity contribution in [2.75, 3.05) is 5.75 Å². The summed E-state index contributed by atoms with van der Waals surface area (Å²) in [6.45, 7) is 0. The second kappa shape index (κ2) is 9.76. The quantitative estimate of drug-likeness (QED) is 0.595. The second-order valence-electron chi connectivity index (χ2n) is 6.28. The minimum absolute atomic E-state index is 0.295. The summed E-state index contributed by atoms with van der Waals surface area (Å²) in [6, 6.07) is 25.7. The lowest BCUT2D eigenvalue weighted by Crippen LogP contribution is -2.42. The molecule has 0 radical (unpaired) electrons. The van der Waals surface area contributed by atoms with E-state index in [-0.39, 0.29) is 5.91 Å². The van der Waals surface area contributed by atoms with Crippen molar-refractivity contribution in [1.29, 1.82) is 0 Å². The second-order valence-corrected chi connectivity index (χ2v) is 7.31. The molecule has 0 saturated heterocycles. The number of carbonyl (C=O) groups excluding carboxylic acids is 1. The Balaban J connectivity index is 1.69. The molecule has 0 aliphatic carbocycles. The third-order valence-corrected chi connectivity index (χ3v) is 5.36. The molecule has 1 atom stereocenters. The van der Waals surface area contributed by atoms with Gasteiger partial charge in [0.25, 0.3) is 5.91 Å². The largest absolute Gasteiger partial charge is 0.480 e. The number of carboxylic acid groups (broad SMARTS) is 1. The van der Waals surface area contributed by atoms with E-state index >= 15 is 0 Å². The third-order valence-electron chi connectivity index (χ3n) is 4.26. The normalized spacial score (nSPS) is 11.6. The highest BCUT2D eigenvalue weighted by Crippen LogP contribution is 2.23. The van der Waals surface area contributed by atoms with Gasteiger partial charge in [0.2, 0.25) is 0 Å². The monoisotopic (exact) mass is 391 g/mol. The summed E-state index contributed by atoms with van der Waals surface area (Å²) < 4.78 is 0. The molecule has 0 spiro atoms. The van der Waals surface area contributed by atoms with Gasteiger partial charge in [-0.05, 0) is 22.8 Å². The lowest BCUT2D eigenvalue weighted by Gasteiger charge is -2.16. The number of thioether (sulfide) groups is 1. The first kappa shape index (κ1) is 19.7. The molecule has 4 nitrogen and oxygen atoms in total. The Hall–Kier alpha value is -3.05. The standard InChI is InChI=1S/C23H21NO3S/c25-22(20-14-8-7-13-19(20)18-11-5-2-6-12-18)24-21(23(26)27)16-28-15-17-9-3-1-4-10-17/h1-14,21H,15-16H2,(H,24,25)(H,26,27)/t21-/m0/s1. The number of carbonyl (C=O) groups is 2. The molecular formula is C23H21NO3S. The first-order valence-electron chi connectivity index (χ1n) is 8.95. The molecular weight excluding hydrogens is 370 g/mol. The van der Waals surface area contributed by atoms with Gasteiger partial charge in [-0.2, -0.15) is 11.8 Å². The van der Waals surface area contributed by atoms with Gasteiger partial charge in [-0.3, -0.25) is 4.79 Å². The van der Waals surface area contributed by atoms with Crippen molar-refractivity contribution < 1.29 is 14.7 Å². The van der Waals surface area contributed by atoms with Crippen LogP contribution in [0.5, 0.6) is 0 Å². The van der Waals surface area contributed by atoms with Gasteiger partial charge in [-0.25, -0.2) is 4.79 Å². The summed E-state index contributed by atoms with van der Waals surface area (Å²) in [5, 5.41) is 12.2. The van der Waals surface area contributed by atoms with Crippen LogP contribution in [0.15, 0.2) is 84.9 Å². The van der Waals surface area contributed by atoms with Gasteiger partial charge in [-0.15, -0.1) is 0 Å². The molecule has 1 amide bonds. The van der Waals surface area contributed by atoms with Gasteiger partial charge in [0.15, 0.2) is 0 Å². The number of nitrogens with one attached hydrogen (secondary N) is 1. The number of hydrogen-bond donors (Lipinski definition) is 2. The number of carboxylic acids is 1. The van der Waals surface area contributed by atoms with Crippen LogP contribution >= 0.6 is 11.8 Å². The predicted octanol–water partition coefficient (Wildman–Crippen LogP) is 4.47. The highest BCUT2D eigenvalue weighted by Gasteiger charge is 2.22. The molecule has 0 aliphatic rings. The van der Waals surface area contributed by atoms with Crippen LogP contribution < -0.4 is 5.32 Å². The minimum Gasteiger partial charge on any atom is -0.480 e. The number of amides is 1. The van der Waals surface area contributed by atoms with E-state index in [9.17, 15) is 14.7 Å². The van der Waals surface area contributed by atoms with Crippen molar-refractivity contribution in [3.8, 4) is 11.1 Å². The van der Waals surface area contributed by atoms with Crippen molar-refractivity contribution in [3.05, 3.63) is 96.1 Å². The van der Waals surface area contributed by atoms with Crippen molar-refractivity contribution in [2.24, 2.45) is 0 Å². The third kappa shape index (κ3) is 5.24. The Morgan fingerprint density at radius 3 is 2.14 bits per heavy atom. The van der Waals surface area contributed by atoms with Crippen LogP contribution in [0.2, 0.25) is 0 Å². The zero-order valence-corrected chi connectivity index (χ0v) is 16.1. The molecule has 28 heavy (non-hydrogen) atoms. The number of rotatable bonds is 8. The number of benzene rings is 3. The van der Waals surface area contributed by atoms with E-state index in [1.165, 1.54) is 11.8 Å². The van der Waals surface area contributed by atoms with Crippen LogP contribution in [0.25, 0.3) is 11.1 Å². The molecule has 0 saturated carbocycles. The van der Waals surface area contributed by atoms with E-state index in [1.807, 2.05) is 72.8 Å². The Labute approximate surface area is 168 Å². The van der Waals surface area contributed by atoms with E-state index in [4.69, 9.17) is 0 Å². The van der Waals surface area contributed by atoms with Crippen molar-refractivity contribution >= 4 is 23.6 Å². The molecule has 5 heteroatoms. The molecule has 3 aromatic rings. The lowest BCUT2D eigenvalue weighted by molar-refractivity contribution is -0.138. The summed E-state index contributed by atoms with van der Waals surface area (Å²) in [5.74, 6) is -0.428. The van der Waals surface area contributed by atoms with Crippen LogP contribution in [-0.4, -0.2) is 28.8 Å². The van der Waals surface area contributed by atoms with Gasteiger partial charge in [0, 0.05) is 17.1 Å². The molecule has 3 aromatic carbocycles. The first-order chi connectivity index (χ1) is 13.6. The Morgan fingerprint density at radius 1 is 0.857 bits per heavy atom. The van der Waals surface area contributed by atoms with E-state index in [0.29, 0.717) is 17.1 Å². The van der Waals surface area contributed by atoms with Crippen LogP contribution in [0.3, 0.4) is 0 Å². The Morgan fingerprint density at radius 2 is 1.46 bits per heavy atom. The molecule has 0 aliphatic heterocycles. The summed E-state index contributed by atoms with van der Waals surface area (Å²) >= 11 is 1.48. The molecule has 2 N–H and O–H groups in total. The summed E-state index contributed by atoms with van der Waals surface area (Å²) in [7, 11) is 0. The molecule has 0 fully saturated rings. The average molecular weight is 391 g/mol. The van der Waals surface area contributed by atoms with Gasteiger partial charge in [0.1, 0.15) is 6.04 Å². The molecule has 0 unspecified atom stereocenters. The number of aliphatic carboxylic acids is 1. The van der Waals surface area contributed by atoms with Crippen molar-refractivity contribution in [3.63, 3.8) is 0 Å². The molecule has 0 heterocycles. The van der Waals surface area contributed by atoms with E-state index in [0.717, 1.165) is 16.7 Å². The molecule has 3 rings (SSSR count). The van der Waals surface area contributed by atoms with Crippen molar-refractivity contribution in [2.45, 2.75) is 11.8 Å². The van der Waals surface area contributed by atoms with Gasteiger partial charge in [-0.1, -0.05) is 78.9 Å². The van der Waals surface area contributed by atoms with Crippen LogP contribution in [-0.2, 0) is 10.5 Å². The maximum Gasteiger partial charge on any atom is 0.327 e. The van der Waals surface area contributed by atoms with Crippen LogP contribution in [0.1, 0.15) is 15.9 Å². The topological polar surface area (TPSA) is 66.4 Å². The highest BCUT2D eigenvalue weighted by molar-refractivity contribution is 7.98. The molecule has 0 bridgehead atoms. The smallest absolute Gasteiger partial charge is 0.327 e. The summed E-state index contributed by atoms with van der Waals surface area (Å²) in [5.41, 5.74) is 3.28. The average Bonchev–Trinajstić information content (AvgIpc) is 2.74. The fourth-order valence-electron chi connectivity index (χ4n) is 2.83. The Kier molecular flexibility index (Phi) is 6.87. The van der Waals surface area contributed by atoms with E-state index < -0.39 is 12.0 Å². The minimum atomic E-state index is -1.04. The first-order valence-corrected chi connectivity index (χ1v) is 10.1. The molecule has 0 aromatic heterocycles. The van der Waals surface area contributed by atoms with Crippen LogP contribution in [0.4, 0.5) is 0 Å². The maximum atomic E-state index is 12.8. The Bertz CT molecular complexity index is 929. The zero-order chi connectivity index (χ0) is 19.8. The summed E-state index contributed by atoms with van der Waals surface area (Å²) in [4.78, 5) is 24.4. The fourth-order valence-corrected chi connectivity index (χ4v) is 3.84. The van der Waals surface area contributed by atoms with Crippen LogP contribution in [0, 0.1) is 0 Å². The van der Waals surface area contributed by atoms with Gasteiger partial charge >= 0.3 is 5.97 Å². The number of hydrogen-bond acceptors (Lipinski definition) is 3. The summed E-state index contributed by atoms with van der Waals surface area (Å²) in [6.07, 6.45) is 0. The molecule has 142 valence electrons. The zero-order valence-electron chi connectivity index (χ0n) is 15.2. The van der Waals surface area contributed by atoms with Gasteiger partial charge in [0.05, 0.1) is 0 Å². The predicted molar refractivity (Wildman–Crippen MR) is 113 cm³/mol. The maximum absolute atomic E-state index is 12.8. The van der Waals surface area contributed by atoms with E-state index in [2.05, 4.69) is 5.32 Å². The highest BCUT2D eigenvalue weighted by atomic mass is 32.2. The van der Waals surface area contributed by atoms with E-state index in [1.54, 1.807) is 12.1 Å². The SMILES string of the molecule is O=C(N[C@@H](CSCc1ccccc1)C(=O)O)c1ccccc1-c1ccccc1. The lowest BCUT2D eigenvalue weighted by atomic mass is 9.99.